The number of furan rings is 1. The molecule has 1 aliphatic rings. The van der Waals surface area contributed by atoms with E-state index in [0.717, 1.165) is 18.8 Å². The monoisotopic (exact) mass is 454 g/mol. The number of nitrogens with zero attached hydrogens (tertiary/aromatic N) is 3. The molecule has 2 N–H and O–H groups in total. The third-order valence-electron chi connectivity index (χ3n) is 4.43. The Bertz CT molecular complexity index is 682. The van der Waals surface area contributed by atoms with Crippen molar-refractivity contribution in [2.24, 2.45) is 10.7 Å². The quantitative estimate of drug-likeness (QED) is 0.396. The lowest BCUT2D eigenvalue weighted by Crippen LogP contribution is -2.35. The summed E-state index contributed by atoms with van der Waals surface area (Å²) in [4.78, 5) is 8.91. The predicted molar refractivity (Wildman–Crippen MR) is 112 cm³/mol. The van der Waals surface area contributed by atoms with Gasteiger partial charge < -0.3 is 15.1 Å². The zero-order valence-corrected chi connectivity index (χ0v) is 17.2. The Morgan fingerprint density at radius 1 is 1.12 bits per heavy atom. The van der Waals surface area contributed by atoms with Crippen LogP contribution in [0.15, 0.2) is 52.1 Å². The second kappa shape index (κ2) is 9.24. The van der Waals surface area contributed by atoms with E-state index in [0.29, 0.717) is 18.5 Å². The van der Waals surface area contributed by atoms with Gasteiger partial charge in [-0.1, -0.05) is 24.3 Å². The molecule has 0 amide bonds. The van der Waals surface area contributed by atoms with Crippen molar-refractivity contribution in [2.75, 3.05) is 14.1 Å². The molecule has 0 unspecified atom stereocenters. The normalized spacial score (nSPS) is 14.4. The first-order valence-electron chi connectivity index (χ1n) is 8.44. The maximum absolute atomic E-state index is 6.10. The Kier molecular flexibility index (Phi) is 7.31. The summed E-state index contributed by atoms with van der Waals surface area (Å²) in [6, 6.07) is 12.9. The highest BCUT2D eigenvalue weighted by atomic mass is 127. The van der Waals surface area contributed by atoms with Gasteiger partial charge in [0.25, 0.3) is 0 Å². The van der Waals surface area contributed by atoms with Crippen LogP contribution in [0.5, 0.6) is 0 Å². The van der Waals surface area contributed by atoms with Gasteiger partial charge in [0.05, 0.1) is 19.4 Å². The lowest BCUT2D eigenvalue weighted by molar-refractivity contribution is 0.287. The van der Waals surface area contributed by atoms with Crippen molar-refractivity contribution in [2.45, 2.75) is 38.5 Å². The van der Waals surface area contributed by atoms with E-state index < -0.39 is 0 Å². The first-order chi connectivity index (χ1) is 11.6. The molecular weight excluding hydrogens is 427 g/mol. The number of guanidine groups is 1. The van der Waals surface area contributed by atoms with Gasteiger partial charge in [0.1, 0.15) is 5.76 Å². The Balaban J connectivity index is 0.00000225. The third kappa shape index (κ3) is 5.74. The topological polar surface area (TPSA) is 58.0 Å². The van der Waals surface area contributed by atoms with Gasteiger partial charge in [-0.25, -0.2) is 4.99 Å². The van der Waals surface area contributed by atoms with Gasteiger partial charge in [0.2, 0.25) is 0 Å². The minimum atomic E-state index is 0. The molecule has 1 fully saturated rings. The van der Waals surface area contributed by atoms with Crippen LogP contribution in [0.1, 0.15) is 29.7 Å². The molecule has 0 spiro atoms. The molecule has 3 rings (SSSR count). The predicted octanol–water partition coefficient (Wildman–Crippen LogP) is 3.44. The van der Waals surface area contributed by atoms with E-state index in [2.05, 4.69) is 46.1 Å². The maximum Gasteiger partial charge on any atom is 0.191 e. The number of rotatable bonds is 7. The molecule has 1 saturated carbocycles. The zero-order valence-electron chi connectivity index (χ0n) is 14.9. The summed E-state index contributed by atoms with van der Waals surface area (Å²) in [6.07, 6.45) is 4.16. The van der Waals surface area contributed by atoms with Crippen molar-refractivity contribution >= 4 is 29.9 Å². The molecule has 0 bridgehead atoms. The Morgan fingerprint density at radius 2 is 1.84 bits per heavy atom. The molecule has 0 atom stereocenters. The summed E-state index contributed by atoms with van der Waals surface area (Å²) in [5, 5.41) is 0. The summed E-state index contributed by atoms with van der Waals surface area (Å²) in [7, 11) is 4.12. The van der Waals surface area contributed by atoms with Crippen LogP contribution in [0.25, 0.3) is 0 Å². The van der Waals surface area contributed by atoms with Crippen molar-refractivity contribution < 1.29 is 4.42 Å². The number of benzene rings is 1. The summed E-state index contributed by atoms with van der Waals surface area (Å²) in [6.45, 7) is 2.26. The number of hydrogen-bond acceptors (Lipinski definition) is 3. The highest BCUT2D eigenvalue weighted by Crippen LogP contribution is 2.25. The fourth-order valence-electron chi connectivity index (χ4n) is 2.81. The van der Waals surface area contributed by atoms with Crippen LogP contribution < -0.4 is 5.73 Å². The van der Waals surface area contributed by atoms with Gasteiger partial charge in [-0.3, -0.25) is 4.90 Å². The molecule has 1 aromatic carbocycles. The molecule has 0 aliphatic heterocycles. The average molecular weight is 454 g/mol. The first-order valence-corrected chi connectivity index (χ1v) is 8.44. The van der Waals surface area contributed by atoms with Gasteiger partial charge >= 0.3 is 0 Å². The van der Waals surface area contributed by atoms with Crippen LogP contribution >= 0.6 is 24.0 Å². The van der Waals surface area contributed by atoms with E-state index >= 15 is 0 Å². The SMILES string of the molecule is CN(Cc1ccco1)Cc1ccccc1CN=C(N)N(C)C1CC1.I. The molecule has 2 aromatic rings. The second-order valence-electron chi connectivity index (χ2n) is 6.54. The minimum absolute atomic E-state index is 0. The van der Waals surface area contributed by atoms with E-state index in [9.17, 15) is 0 Å². The second-order valence-corrected chi connectivity index (χ2v) is 6.54. The van der Waals surface area contributed by atoms with E-state index in [4.69, 9.17) is 10.2 Å². The van der Waals surface area contributed by atoms with E-state index in [1.807, 2.05) is 19.2 Å². The van der Waals surface area contributed by atoms with Crippen molar-refractivity contribution in [3.8, 4) is 0 Å². The van der Waals surface area contributed by atoms with Crippen molar-refractivity contribution in [3.63, 3.8) is 0 Å². The molecule has 25 heavy (non-hydrogen) atoms. The van der Waals surface area contributed by atoms with Crippen LogP contribution in [-0.4, -0.2) is 35.9 Å². The molecule has 1 aromatic heterocycles. The van der Waals surface area contributed by atoms with Crippen LogP contribution in [0.3, 0.4) is 0 Å². The molecule has 6 heteroatoms. The lowest BCUT2D eigenvalue weighted by atomic mass is 10.1. The Morgan fingerprint density at radius 3 is 2.48 bits per heavy atom. The van der Waals surface area contributed by atoms with E-state index in [1.54, 1.807) is 6.26 Å². The number of halogens is 1. The van der Waals surface area contributed by atoms with Gasteiger partial charge in [0, 0.05) is 19.6 Å². The number of nitrogens with two attached hydrogens (primary N) is 1. The third-order valence-corrected chi connectivity index (χ3v) is 4.43. The van der Waals surface area contributed by atoms with Gasteiger partial charge in [-0.05, 0) is 43.1 Å². The number of hydrogen-bond donors (Lipinski definition) is 1. The number of aliphatic imine (C=N–C) groups is 1. The van der Waals surface area contributed by atoms with Crippen LogP contribution in [0.4, 0.5) is 0 Å². The highest BCUT2D eigenvalue weighted by Gasteiger charge is 2.27. The fraction of sp³-hybridized carbons (Fsp3) is 0.421. The van der Waals surface area contributed by atoms with E-state index in [1.165, 1.54) is 24.0 Å². The first kappa shape index (κ1) is 19.8. The molecule has 1 heterocycles. The smallest absolute Gasteiger partial charge is 0.191 e. The van der Waals surface area contributed by atoms with Crippen molar-refractivity contribution in [3.05, 3.63) is 59.5 Å². The van der Waals surface area contributed by atoms with Crippen molar-refractivity contribution in [1.82, 2.24) is 9.80 Å². The molecule has 0 saturated heterocycles. The summed E-state index contributed by atoms with van der Waals surface area (Å²) in [5.41, 5.74) is 8.59. The zero-order chi connectivity index (χ0) is 16.9. The largest absolute Gasteiger partial charge is 0.468 e. The van der Waals surface area contributed by atoms with Gasteiger partial charge in [-0.2, -0.15) is 0 Å². The minimum Gasteiger partial charge on any atom is -0.468 e. The molecule has 5 nitrogen and oxygen atoms in total. The summed E-state index contributed by atoms with van der Waals surface area (Å²) in [5.74, 6) is 1.61. The Labute approximate surface area is 166 Å². The summed E-state index contributed by atoms with van der Waals surface area (Å²) >= 11 is 0. The molecule has 1 aliphatic carbocycles. The fourth-order valence-corrected chi connectivity index (χ4v) is 2.81. The summed E-state index contributed by atoms with van der Waals surface area (Å²) < 4.78 is 5.42. The van der Waals surface area contributed by atoms with Gasteiger partial charge in [0.15, 0.2) is 5.96 Å². The molecule has 0 radical (unpaired) electrons. The molecular formula is C19H27IN4O. The molecule has 136 valence electrons. The average Bonchev–Trinajstić information content (AvgIpc) is 3.31. The maximum atomic E-state index is 6.10. The van der Waals surface area contributed by atoms with E-state index in [-0.39, 0.29) is 24.0 Å². The van der Waals surface area contributed by atoms with Crippen LogP contribution in [0.2, 0.25) is 0 Å². The van der Waals surface area contributed by atoms with Crippen LogP contribution in [0, 0.1) is 0 Å². The highest BCUT2D eigenvalue weighted by molar-refractivity contribution is 14.0. The lowest BCUT2D eigenvalue weighted by Gasteiger charge is -2.19. The van der Waals surface area contributed by atoms with Crippen molar-refractivity contribution in [1.29, 1.82) is 0 Å². The standard InChI is InChI=1S/C19H26N4O.HI/c1-22(14-18-8-5-11-24-18)13-16-7-4-3-6-15(16)12-21-19(20)23(2)17-9-10-17;/h3-8,11,17H,9-10,12-14H2,1-2H3,(H2,20,21);1H. The van der Waals surface area contributed by atoms with Crippen LogP contribution in [-0.2, 0) is 19.6 Å². The van der Waals surface area contributed by atoms with Gasteiger partial charge in [-0.15, -0.1) is 24.0 Å². The Hall–Kier alpha value is -1.54.